The molecule has 0 aliphatic rings. The van der Waals surface area contributed by atoms with Crippen molar-refractivity contribution >= 4 is 11.8 Å². The molecule has 0 aromatic heterocycles. The number of hydrogen-bond acceptors (Lipinski definition) is 4. The molecule has 0 N–H and O–H groups in total. The summed E-state index contributed by atoms with van der Waals surface area (Å²) < 4.78 is 10.2. The maximum absolute atomic E-state index is 11.4. The summed E-state index contributed by atoms with van der Waals surface area (Å²) in [6, 6.07) is 0. The quantitative estimate of drug-likeness (QED) is 0.461. The summed E-state index contributed by atoms with van der Waals surface area (Å²) >= 11 is 0. The SMILES string of the molecule is COCC(C)(C)COC(=O)CCCCC(C)=O. The van der Waals surface area contributed by atoms with Crippen LogP contribution in [0.15, 0.2) is 0 Å². The molecule has 0 spiro atoms. The molecule has 0 saturated heterocycles. The van der Waals surface area contributed by atoms with Crippen molar-refractivity contribution < 1.29 is 19.1 Å². The van der Waals surface area contributed by atoms with Gasteiger partial charge in [-0.05, 0) is 19.8 Å². The fourth-order valence-electron chi connectivity index (χ4n) is 1.42. The van der Waals surface area contributed by atoms with E-state index in [0.29, 0.717) is 32.5 Å². The van der Waals surface area contributed by atoms with E-state index in [-0.39, 0.29) is 17.2 Å². The van der Waals surface area contributed by atoms with Crippen molar-refractivity contribution in [3.05, 3.63) is 0 Å². The van der Waals surface area contributed by atoms with Gasteiger partial charge >= 0.3 is 5.97 Å². The Bertz CT molecular complexity index is 246. The lowest BCUT2D eigenvalue weighted by molar-refractivity contribution is -0.147. The number of Topliss-reactive ketones (excluding diaryl/α,β-unsaturated/α-hetero) is 1. The van der Waals surface area contributed by atoms with Gasteiger partial charge in [-0.3, -0.25) is 4.79 Å². The monoisotopic (exact) mass is 244 g/mol. The van der Waals surface area contributed by atoms with Crippen molar-refractivity contribution in [1.29, 1.82) is 0 Å². The number of esters is 1. The molecule has 0 fully saturated rings. The molecule has 17 heavy (non-hydrogen) atoms. The Morgan fingerprint density at radius 1 is 1.06 bits per heavy atom. The van der Waals surface area contributed by atoms with E-state index in [4.69, 9.17) is 9.47 Å². The topological polar surface area (TPSA) is 52.6 Å². The van der Waals surface area contributed by atoms with Crippen LogP contribution >= 0.6 is 0 Å². The lowest BCUT2D eigenvalue weighted by Crippen LogP contribution is -2.26. The van der Waals surface area contributed by atoms with Crippen LogP contribution in [-0.2, 0) is 19.1 Å². The molecule has 0 atom stereocenters. The summed E-state index contributed by atoms with van der Waals surface area (Å²) in [4.78, 5) is 22.1. The summed E-state index contributed by atoms with van der Waals surface area (Å²) in [6.07, 6.45) is 2.40. The lowest BCUT2D eigenvalue weighted by atomic mass is 9.96. The summed E-state index contributed by atoms with van der Waals surface area (Å²) in [5, 5.41) is 0. The van der Waals surface area contributed by atoms with Crippen LogP contribution in [0.25, 0.3) is 0 Å². The third-order valence-electron chi connectivity index (χ3n) is 2.32. The number of carbonyl (C=O) groups is 2. The Balaban J connectivity index is 3.62. The highest BCUT2D eigenvalue weighted by Gasteiger charge is 2.19. The minimum Gasteiger partial charge on any atom is -0.465 e. The number of unbranched alkanes of at least 4 members (excludes halogenated alkanes) is 1. The highest BCUT2D eigenvalue weighted by molar-refractivity contribution is 5.75. The second-order valence-electron chi connectivity index (χ2n) is 5.17. The van der Waals surface area contributed by atoms with Gasteiger partial charge in [0.15, 0.2) is 0 Å². The molecule has 4 heteroatoms. The molecular weight excluding hydrogens is 220 g/mol. The Labute approximate surface area is 104 Å². The first-order chi connectivity index (χ1) is 7.87. The van der Waals surface area contributed by atoms with Gasteiger partial charge in [0.05, 0.1) is 13.2 Å². The van der Waals surface area contributed by atoms with Gasteiger partial charge in [0.25, 0.3) is 0 Å². The molecule has 100 valence electrons. The zero-order chi connectivity index (χ0) is 13.3. The largest absolute Gasteiger partial charge is 0.465 e. The Morgan fingerprint density at radius 2 is 1.65 bits per heavy atom. The van der Waals surface area contributed by atoms with Crippen molar-refractivity contribution in [3.8, 4) is 0 Å². The fraction of sp³-hybridized carbons (Fsp3) is 0.846. The molecule has 0 saturated carbocycles. The smallest absolute Gasteiger partial charge is 0.305 e. The molecule has 0 bridgehead atoms. The second kappa shape index (κ2) is 8.23. The van der Waals surface area contributed by atoms with Gasteiger partial charge < -0.3 is 14.3 Å². The van der Waals surface area contributed by atoms with E-state index in [1.807, 2.05) is 13.8 Å². The van der Waals surface area contributed by atoms with Gasteiger partial charge in [-0.1, -0.05) is 13.8 Å². The van der Waals surface area contributed by atoms with Crippen molar-refractivity contribution in [2.24, 2.45) is 5.41 Å². The first-order valence-electron chi connectivity index (χ1n) is 6.01. The number of methoxy groups -OCH3 is 1. The van der Waals surface area contributed by atoms with Crippen LogP contribution < -0.4 is 0 Å². The fourth-order valence-corrected chi connectivity index (χ4v) is 1.42. The molecular formula is C13H24O4. The number of rotatable bonds is 9. The number of ether oxygens (including phenoxy) is 2. The highest BCUT2D eigenvalue weighted by atomic mass is 16.5. The van der Waals surface area contributed by atoms with E-state index < -0.39 is 0 Å². The van der Waals surface area contributed by atoms with Gasteiger partial charge in [-0.2, -0.15) is 0 Å². The molecule has 0 unspecified atom stereocenters. The summed E-state index contributed by atoms with van der Waals surface area (Å²) in [5.74, 6) is -0.0303. The van der Waals surface area contributed by atoms with Gasteiger partial charge in [-0.15, -0.1) is 0 Å². The molecule has 0 aromatic rings. The van der Waals surface area contributed by atoms with Crippen molar-refractivity contribution in [2.45, 2.75) is 46.5 Å². The van der Waals surface area contributed by atoms with E-state index in [9.17, 15) is 9.59 Å². The summed E-state index contributed by atoms with van der Waals surface area (Å²) in [7, 11) is 1.63. The highest BCUT2D eigenvalue weighted by Crippen LogP contribution is 2.16. The average Bonchev–Trinajstić information content (AvgIpc) is 2.21. The molecule has 0 aliphatic heterocycles. The molecule has 0 radical (unpaired) electrons. The third-order valence-corrected chi connectivity index (χ3v) is 2.32. The van der Waals surface area contributed by atoms with E-state index in [1.165, 1.54) is 0 Å². The first-order valence-corrected chi connectivity index (χ1v) is 6.01. The predicted octanol–water partition coefficient (Wildman–Crippen LogP) is 2.35. The molecule has 0 aromatic carbocycles. The number of hydrogen-bond donors (Lipinski definition) is 0. The minimum atomic E-state index is -0.197. The van der Waals surface area contributed by atoms with Crippen LogP contribution in [0, 0.1) is 5.41 Å². The van der Waals surface area contributed by atoms with Crippen LogP contribution in [0.2, 0.25) is 0 Å². The van der Waals surface area contributed by atoms with Gasteiger partial charge in [-0.25, -0.2) is 0 Å². The average molecular weight is 244 g/mol. The molecule has 0 rings (SSSR count). The maximum Gasteiger partial charge on any atom is 0.305 e. The van der Waals surface area contributed by atoms with E-state index >= 15 is 0 Å². The standard InChI is InChI=1S/C13H24O4/c1-11(14)7-5-6-8-12(15)17-10-13(2,3)9-16-4/h5-10H2,1-4H3. The number of ketones is 1. The van der Waals surface area contributed by atoms with E-state index in [1.54, 1.807) is 14.0 Å². The minimum absolute atomic E-state index is 0.149. The second-order valence-corrected chi connectivity index (χ2v) is 5.17. The molecule has 0 amide bonds. The van der Waals surface area contributed by atoms with Crippen LogP contribution in [0.3, 0.4) is 0 Å². The van der Waals surface area contributed by atoms with Crippen molar-refractivity contribution in [1.82, 2.24) is 0 Å². The summed E-state index contributed by atoms with van der Waals surface area (Å²) in [5.41, 5.74) is -0.149. The zero-order valence-electron chi connectivity index (χ0n) is 11.4. The molecule has 4 nitrogen and oxygen atoms in total. The Morgan fingerprint density at radius 3 is 2.18 bits per heavy atom. The van der Waals surface area contributed by atoms with E-state index in [2.05, 4.69) is 0 Å². The van der Waals surface area contributed by atoms with Crippen LogP contribution in [0.4, 0.5) is 0 Å². The molecule has 0 heterocycles. The van der Waals surface area contributed by atoms with Crippen LogP contribution in [0.1, 0.15) is 46.5 Å². The van der Waals surface area contributed by atoms with Crippen LogP contribution in [0.5, 0.6) is 0 Å². The van der Waals surface area contributed by atoms with Crippen molar-refractivity contribution in [3.63, 3.8) is 0 Å². The molecule has 0 aliphatic carbocycles. The van der Waals surface area contributed by atoms with Crippen molar-refractivity contribution in [2.75, 3.05) is 20.3 Å². The lowest BCUT2D eigenvalue weighted by Gasteiger charge is -2.22. The Hall–Kier alpha value is -0.900. The maximum atomic E-state index is 11.4. The summed E-state index contributed by atoms with van der Waals surface area (Å²) in [6.45, 7) is 6.46. The van der Waals surface area contributed by atoms with Crippen LogP contribution in [-0.4, -0.2) is 32.1 Å². The van der Waals surface area contributed by atoms with Gasteiger partial charge in [0, 0.05) is 25.4 Å². The van der Waals surface area contributed by atoms with Gasteiger partial charge in [0.2, 0.25) is 0 Å². The zero-order valence-corrected chi connectivity index (χ0v) is 11.4. The van der Waals surface area contributed by atoms with E-state index in [0.717, 1.165) is 6.42 Å². The predicted molar refractivity (Wildman–Crippen MR) is 65.8 cm³/mol. The normalized spacial score (nSPS) is 11.3. The third kappa shape index (κ3) is 10.00. The number of carbonyl (C=O) groups excluding carboxylic acids is 2. The van der Waals surface area contributed by atoms with Gasteiger partial charge in [0.1, 0.15) is 5.78 Å². The Kier molecular flexibility index (Phi) is 7.79. The first kappa shape index (κ1) is 16.1.